The van der Waals surface area contributed by atoms with E-state index in [0.717, 1.165) is 6.42 Å². The molecule has 0 aliphatic carbocycles. The van der Waals surface area contributed by atoms with E-state index in [-0.39, 0.29) is 17.6 Å². The van der Waals surface area contributed by atoms with E-state index in [9.17, 15) is 9.59 Å². The van der Waals surface area contributed by atoms with Gasteiger partial charge < -0.3 is 5.32 Å². The van der Waals surface area contributed by atoms with Crippen LogP contribution in [0, 0.1) is 0 Å². The summed E-state index contributed by atoms with van der Waals surface area (Å²) in [5.74, 6) is 0.435. The van der Waals surface area contributed by atoms with Crippen LogP contribution in [0.2, 0.25) is 10.0 Å². The molecule has 2 aromatic carbocycles. The molecule has 7 nitrogen and oxygen atoms in total. The topological polar surface area (TPSA) is 89.8 Å². The number of amides is 1. The first kappa shape index (κ1) is 24.6. The zero-order chi connectivity index (χ0) is 22.9. The van der Waals surface area contributed by atoms with Crippen molar-refractivity contribution in [2.75, 3.05) is 5.75 Å². The number of nitrogens with one attached hydrogen (secondary N) is 1. The number of ketones is 1. The third kappa shape index (κ3) is 7.23. The summed E-state index contributed by atoms with van der Waals surface area (Å²) in [5, 5.41) is 15.9. The fourth-order valence-corrected chi connectivity index (χ4v) is 4.86. The zero-order valence-electron chi connectivity index (χ0n) is 17.2. The lowest BCUT2D eigenvalue weighted by Crippen LogP contribution is -2.40. The number of hydrogen-bond donors (Lipinski definition) is 1. The maximum Gasteiger partial charge on any atom is 0.279 e. The molecule has 0 saturated carbocycles. The number of aromatic nitrogens is 4. The van der Waals surface area contributed by atoms with Crippen molar-refractivity contribution in [2.45, 2.75) is 42.4 Å². The summed E-state index contributed by atoms with van der Waals surface area (Å²) in [6, 6.07) is 14.5. The van der Waals surface area contributed by atoms with Gasteiger partial charge in [0.2, 0.25) is 5.16 Å². The van der Waals surface area contributed by atoms with E-state index in [4.69, 9.17) is 23.2 Å². The Morgan fingerprint density at radius 2 is 1.81 bits per heavy atom. The van der Waals surface area contributed by atoms with E-state index in [2.05, 4.69) is 20.7 Å². The van der Waals surface area contributed by atoms with Crippen LogP contribution in [0.3, 0.4) is 0 Å². The molecule has 1 heterocycles. The number of halogens is 2. The fourth-order valence-electron chi connectivity index (χ4n) is 2.76. The molecular formula is C21H21Cl2N5O2S2. The van der Waals surface area contributed by atoms with E-state index in [0.29, 0.717) is 32.3 Å². The Hall–Kier alpha value is -2.07. The number of carbonyl (C=O) groups excluding carboxylic acids is 2. The van der Waals surface area contributed by atoms with Gasteiger partial charge in [-0.1, -0.05) is 78.3 Å². The Morgan fingerprint density at radius 3 is 2.50 bits per heavy atom. The summed E-state index contributed by atoms with van der Waals surface area (Å²) in [4.78, 5) is 26.7. The van der Waals surface area contributed by atoms with Gasteiger partial charge in [0, 0.05) is 5.75 Å². The molecule has 1 N–H and O–H groups in total. The fraction of sp³-hybridized carbons (Fsp3) is 0.286. The first-order chi connectivity index (χ1) is 15.5. The van der Waals surface area contributed by atoms with Crippen molar-refractivity contribution in [3.63, 3.8) is 0 Å². The Labute approximate surface area is 204 Å². The van der Waals surface area contributed by atoms with Crippen molar-refractivity contribution in [3.05, 3.63) is 64.1 Å². The van der Waals surface area contributed by atoms with Crippen molar-refractivity contribution >= 4 is 57.7 Å². The second-order valence-corrected chi connectivity index (χ2v) is 9.56. The van der Waals surface area contributed by atoms with E-state index in [1.54, 1.807) is 18.2 Å². The minimum absolute atomic E-state index is 0.0999. The van der Waals surface area contributed by atoms with Gasteiger partial charge >= 0.3 is 0 Å². The molecule has 0 radical (unpaired) electrons. The largest absolute Gasteiger partial charge is 0.337 e. The molecule has 0 spiro atoms. The summed E-state index contributed by atoms with van der Waals surface area (Å²) < 4.78 is 0. The van der Waals surface area contributed by atoms with Crippen molar-refractivity contribution in [1.82, 2.24) is 25.5 Å². The molecule has 0 bridgehead atoms. The van der Waals surface area contributed by atoms with E-state index >= 15 is 0 Å². The van der Waals surface area contributed by atoms with Crippen molar-refractivity contribution < 1.29 is 9.59 Å². The molecule has 0 fully saturated rings. The molecule has 168 valence electrons. The predicted molar refractivity (Wildman–Crippen MR) is 129 cm³/mol. The van der Waals surface area contributed by atoms with Gasteiger partial charge in [0.1, 0.15) is 6.54 Å². The number of Topliss-reactive ketones (excluding diaryl/α,β-unsaturated/α-hetero) is 1. The second kappa shape index (κ2) is 12.2. The highest BCUT2D eigenvalue weighted by molar-refractivity contribution is 8.13. The highest BCUT2D eigenvalue weighted by Gasteiger charge is 2.21. The molecule has 11 heteroatoms. The monoisotopic (exact) mass is 509 g/mol. The highest BCUT2D eigenvalue weighted by atomic mass is 35.5. The first-order valence-corrected chi connectivity index (χ1v) is 12.4. The van der Waals surface area contributed by atoms with Gasteiger partial charge in [0.25, 0.3) is 5.24 Å². The van der Waals surface area contributed by atoms with Crippen molar-refractivity contribution in [3.8, 4) is 0 Å². The number of benzene rings is 2. The van der Waals surface area contributed by atoms with Crippen molar-refractivity contribution in [1.29, 1.82) is 0 Å². The zero-order valence-corrected chi connectivity index (χ0v) is 20.3. The van der Waals surface area contributed by atoms with Crippen LogP contribution in [0.15, 0.2) is 58.6 Å². The van der Waals surface area contributed by atoms with Gasteiger partial charge in [0.05, 0.1) is 21.0 Å². The Bertz CT molecular complexity index is 1050. The van der Waals surface area contributed by atoms with E-state index in [1.165, 1.54) is 33.9 Å². The molecule has 0 aliphatic rings. The molecule has 3 aromatic rings. The Morgan fingerprint density at radius 1 is 1.09 bits per heavy atom. The normalized spacial score (nSPS) is 11.8. The number of thioether (sulfide) groups is 1. The van der Waals surface area contributed by atoms with Crippen LogP contribution in [0.4, 0.5) is 4.79 Å². The van der Waals surface area contributed by atoms with Gasteiger partial charge in [-0.05, 0) is 47.5 Å². The number of nitrogens with zero attached hydrogens (tertiary/aromatic N) is 4. The average Bonchev–Trinajstić information content (AvgIpc) is 3.22. The highest BCUT2D eigenvalue weighted by Crippen LogP contribution is 2.36. The van der Waals surface area contributed by atoms with Gasteiger partial charge in [-0.3, -0.25) is 9.59 Å². The smallest absolute Gasteiger partial charge is 0.279 e. The van der Waals surface area contributed by atoms with E-state index < -0.39 is 6.04 Å². The van der Waals surface area contributed by atoms with Gasteiger partial charge in [0.15, 0.2) is 5.78 Å². The standard InChI is InChI=1S/C21H21Cl2N5O2S2/c1-2-17(24-21(30)31-12-11-14-7-4-3-5-8-14)18(29)13-28-26-20(25-27-28)32-19-15(22)9-6-10-16(19)23/h3-10,17H,2,11-13H2,1H3,(H,24,30). The Kier molecular flexibility index (Phi) is 9.40. The molecule has 32 heavy (non-hydrogen) atoms. The van der Waals surface area contributed by atoms with Crippen LogP contribution in [0.1, 0.15) is 18.9 Å². The molecule has 1 amide bonds. The van der Waals surface area contributed by atoms with Crippen LogP contribution in [0.25, 0.3) is 0 Å². The van der Waals surface area contributed by atoms with Crippen LogP contribution >= 0.6 is 46.7 Å². The third-order valence-electron chi connectivity index (χ3n) is 4.40. The SMILES string of the molecule is CCC(NC(=O)SCCc1ccccc1)C(=O)Cn1nnc(Sc2c(Cl)cccc2Cl)n1. The minimum atomic E-state index is -0.619. The van der Waals surface area contributed by atoms with Crippen LogP contribution in [-0.2, 0) is 17.8 Å². The summed E-state index contributed by atoms with van der Waals surface area (Å²) in [6.45, 7) is 1.74. The number of aryl methyl sites for hydroxylation is 1. The molecule has 1 aromatic heterocycles. The average molecular weight is 510 g/mol. The lowest BCUT2D eigenvalue weighted by atomic mass is 10.1. The van der Waals surface area contributed by atoms with Crippen LogP contribution in [-0.4, -0.2) is 43.0 Å². The van der Waals surface area contributed by atoms with Crippen LogP contribution < -0.4 is 5.32 Å². The summed E-state index contributed by atoms with van der Waals surface area (Å²) in [6.07, 6.45) is 1.25. The molecular weight excluding hydrogens is 489 g/mol. The molecule has 0 aliphatic heterocycles. The second-order valence-electron chi connectivity index (χ2n) is 6.70. The number of hydrogen-bond acceptors (Lipinski definition) is 7. The number of carbonyl (C=O) groups is 2. The minimum Gasteiger partial charge on any atom is -0.337 e. The summed E-state index contributed by atoms with van der Waals surface area (Å²) in [5.41, 5.74) is 1.17. The maximum absolute atomic E-state index is 12.6. The van der Waals surface area contributed by atoms with Gasteiger partial charge in [-0.2, -0.15) is 4.80 Å². The Balaban J connectivity index is 1.50. The predicted octanol–water partition coefficient (Wildman–Crippen LogP) is 5.16. The van der Waals surface area contributed by atoms with Gasteiger partial charge in [-0.25, -0.2) is 0 Å². The third-order valence-corrected chi connectivity index (χ3v) is 7.03. The summed E-state index contributed by atoms with van der Waals surface area (Å²) in [7, 11) is 0. The molecule has 1 atom stereocenters. The molecule has 1 unspecified atom stereocenters. The number of tetrazole rings is 1. The molecule has 0 saturated heterocycles. The lowest BCUT2D eigenvalue weighted by molar-refractivity contribution is -0.121. The first-order valence-electron chi connectivity index (χ1n) is 9.86. The quantitative estimate of drug-likeness (QED) is 0.403. The van der Waals surface area contributed by atoms with E-state index in [1.807, 2.05) is 37.3 Å². The number of rotatable bonds is 10. The van der Waals surface area contributed by atoms with Crippen LogP contribution in [0.5, 0.6) is 0 Å². The van der Waals surface area contributed by atoms with Crippen molar-refractivity contribution in [2.24, 2.45) is 0 Å². The molecule has 3 rings (SSSR count). The maximum atomic E-state index is 12.6. The summed E-state index contributed by atoms with van der Waals surface area (Å²) >= 11 is 14.7. The van der Waals surface area contributed by atoms with Gasteiger partial charge in [-0.15, -0.1) is 10.2 Å². The lowest BCUT2D eigenvalue weighted by Gasteiger charge is -2.15.